The van der Waals surface area contributed by atoms with Gasteiger partial charge in [0.25, 0.3) is 0 Å². The predicted octanol–water partition coefficient (Wildman–Crippen LogP) is -2.62. The van der Waals surface area contributed by atoms with Crippen molar-refractivity contribution in [3.05, 3.63) is 119 Å². The van der Waals surface area contributed by atoms with Crippen LogP contribution in [0.2, 0.25) is 0 Å². The molecule has 15 atom stereocenters. The Balaban J connectivity index is 1.91. The third-order valence-corrected chi connectivity index (χ3v) is 15.0. The number of cyclic esters (lactones) is 1. The molecule has 4 rings (SSSR count). The van der Waals surface area contributed by atoms with E-state index in [9.17, 15) is 93.6 Å². The van der Waals surface area contributed by atoms with E-state index in [-0.39, 0.29) is 46.8 Å². The number of carbonyl (C=O) groups is 11. The molecule has 3 aromatic rings. The summed E-state index contributed by atoms with van der Waals surface area (Å²) in [5, 5.41) is 109. The van der Waals surface area contributed by atoms with E-state index in [1.165, 1.54) is 87.5 Å². The molecule has 30 heteroatoms. The van der Waals surface area contributed by atoms with Crippen LogP contribution in [0.1, 0.15) is 116 Å². The van der Waals surface area contributed by atoms with Crippen LogP contribution in [0.3, 0.4) is 0 Å². The average molecular weight is 1330 g/mol. The van der Waals surface area contributed by atoms with Crippen LogP contribution in [0.15, 0.2) is 97.1 Å². The lowest BCUT2D eigenvalue weighted by Crippen LogP contribution is -2.63. The van der Waals surface area contributed by atoms with Gasteiger partial charge >= 0.3 is 5.97 Å². The highest BCUT2D eigenvalue weighted by atomic mass is 16.5. The Morgan fingerprint density at radius 2 is 1.00 bits per heavy atom. The molecular formula is C65H90N10O20. The van der Waals surface area contributed by atoms with Gasteiger partial charge in [0.2, 0.25) is 59.1 Å². The molecule has 30 nitrogen and oxygen atoms in total. The number of aliphatic hydroxyl groups excluding tert-OH is 7. The maximum Gasteiger partial charge on any atom is 0.328 e. The van der Waals surface area contributed by atoms with Crippen LogP contribution >= 0.6 is 0 Å². The van der Waals surface area contributed by atoms with Crippen molar-refractivity contribution in [2.45, 2.75) is 166 Å². The quantitative estimate of drug-likeness (QED) is 0.0352. The number of nitrogens with one attached hydrogen (secondary N) is 10. The Kier molecular flexibility index (Phi) is 31.0. The van der Waals surface area contributed by atoms with Crippen molar-refractivity contribution in [1.29, 1.82) is 0 Å². The van der Waals surface area contributed by atoms with Gasteiger partial charge in [0.05, 0.1) is 25.9 Å². The molecule has 3 aromatic carbocycles. The Morgan fingerprint density at radius 3 is 1.55 bits per heavy atom. The molecule has 1 aliphatic rings. The number of carbonyl (C=O) groups excluding carboxylic acids is 11. The highest BCUT2D eigenvalue weighted by Crippen LogP contribution is 2.25. The summed E-state index contributed by atoms with van der Waals surface area (Å²) in [5.41, 5.74) is 0.447. The Hall–Kier alpha value is -9.17. The lowest BCUT2D eigenvalue weighted by molar-refractivity contribution is -0.156. The maximum absolute atomic E-state index is 14.6. The highest BCUT2D eigenvalue weighted by Gasteiger charge is 2.41. The van der Waals surface area contributed by atoms with Crippen LogP contribution < -0.4 is 53.2 Å². The zero-order chi connectivity index (χ0) is 71.0. The molecule has 18 N–H and O–H groups in total. The molecule has 0 saturated carbocycles. The van der Waals surface area contributed by atoms with Crippen molar-refractivity contribution in [2.24, 2.45) is 17.8 Å². The van der Waals surface area contributed by atoms with Gasteiger partial charge in [0.1, 0.15) is 90.6 Å². The summed E-state index contributed by atoms with van der Waals surface area (Å²) < 4.78 is 5.84. The van der Waals surface area contributed by atoms with Crippen molar-refractivity contribution in [3.63, 3.8) is 0 Å². The van der Waals surface area contributed by atoms with E-state index >= 15 is 0 Å². The Morgan fingerprint density at radius 1 is 0.537 bits per heavy atom. The van der Waals surface area contributed by atoms with Gasteiger partial charge in [-0.25, -0.2) is 4.79 Å². The van der Waals surface area contributed by atoms with Crippen LogP contribution in [0, 0.1) is 17.8 Å². The molecule has 0 aromatic heterocycles. The first-order valence-electron chi connectivity index (χ1n) is 30.9. The SMILES string of the molecule is C/C=C/[C@H](O)[C@H](O)c1ccccc1/C=C/C(=O)N[C@@H]1C(=O)N[C@@H](CO)C(=O)N[C@H](CC(C)C)C(=O)N[C@@H]([C@H](O)c2ccccc2)C(=O)N[C@@H](CO)C(=O)N[C@@H]([C@@H](C)O)C(=O)N[C@H](CO)C(=O)N[C@H](c2ccc(O)cc2)C(=O)N[C@@H](C(C)C)C(=O)N[C@H](CC(C)C)C(=O)O[C@H]1C. The molecule has 0 unspecified atom stereocenters. The minimum Gasteiger partial charge on any atom is -0.508 e. The lowest BCUT2D eigenvalue weighted by atomic mass is 9.98. The van der Waals surface area contributed by atoms with Gasteiger partial charge in [-0.3, -0.25) is 47.9 Å². The van der Waals surface area contributed by atoms with Crippen LogP contribution in [0.4, 0.5) is 0 Å². The number of allylic oxidation sites excluding steroid dienone is 1. The molecule has 0 radical (unpaired) electrons. The summed E-state index contributed by atoms with van der Waals surface area (Å²) in [6, 6.07) is -0.353. The monoisotopic (exact) mass is 1330 g/mol. The van der Waals surface area contributed by atoms with E-state index in [2.05, 4.69) is 53.2 Å². The van der Waals surface area contributed by atoms with Crippen LogP contribution in [0.25, 0.3) is 6.08 Å². The molecule has 10 amide bonds. The zero-order valence-electron chi connectivity index (χ0n) is 54.2. The minimum absolute atomic E-state index is 0.0215. The largest absolute Gasteiger partial charge is 0.508 e. The first-order chi connectivity index (χ1) is 44.8. The highest BCUT2D eigenvalue weighted by molar-refractivity contribution is 6.00. The molecular weight excluding hydrogens is 1240 g/mol. The number of aromatic hydroxyl groups is 1. The first kappa shape index (κ1) is 78.3. The zero-order valence-corrected chi connectivity index (χ0v) is 54.2. The van der Waals surface area contributed by atoms with Gasteiger partial charge in [-0.15, -0.1) is 0 Å². The molecule has 1 saturated heterocycles. The average Bonchev–Trinajstić information content (AvgIpc) is 0.888. The summed E-state index contributed by atoms with van der Waals surface area (Å²) in [5.74, 6) is -15.1. The Labute approximate surface area is 549 Å². The van der Waals surface area contributed by atoms with E-state index in [1.54, 1.807) is 52.8 Å². The number of amides is 10. The van der Waals surface area contributed by atoms with Gasteiger partial charge in [-0.1, -0.05) is 120 Å². The number of hydrogen-bond acceptors (Lipinski definition) is 20. The number of ether oxygens (including phenoxy) is 1. The number of hydrogen-bond donors (Lipinski definition) is 18. The summed E-state index contributed by atoms with van der Waals surface area (Å²) in [6.07, 6.45) is -3.61. The maximum atomic E-state index is 14.6. The fraction of sp³-hybridized carbons (Fsp3) is 0.492. The topological polar surface area (TPSA) is 479 Å². The van der Waals surface area contributed by atoms with Crippen molar-refractivity contribution < 1.29 is 98.3 Å². The van der Waals surface area contributed by atoms with Gasteiger partial charge in [-0.2, -0.15) is 0 Å². The smallest absolute Gasteiger partial charge is 0.328 e. The fourth-order valence-corrected chi connectivity index (χ4v) is 9.83. The Bertz CT molecular complexity index is 3180. The molecule has 1 aliphatic heterocycles. The number of phenolic OH excluding ortho intramolecular Hbond substituents is 1. The fourth-order valence-electron chi connectivity index (χ4n) is 9.83. The third kappa shape index (κ3) is 23.4. The standard InChI is InChI=1S/C65H90N10O20/c1-10-16-47(81)55(84)41-20-15-14-17-37(41)23-26-48(82)71-51-36(9)95-65(94)43(28-33(4)5)67-60(89)49(34(6)7)72-63(92)52(38-21-24-40(80)25-22-38)74-59(88)46(31-78)68-61(90)50(35(8)79)73-58(87)45(30-77)70-64(93)53(54(83)39-18-12-11-13-19-39)75-56(85)42(27-32(2)3)66-57(86)44(29-76)69-62(51)91/h10-26,32-36,42-47,49-55,76-81,83-84H,27-31H2,1-9H3,(H,66,86)(H,67,89)(H,68,90)(H,69,91)(H,70,93)(H,71,82)(H,72,92)(H,73,87)(H,74,88)(H,75,85)/b16-10+,26-23+/t35-,36+,42-,43-,44+,45+,46-,47+,49+,50+,51+,52-,53+,54-,55-/m1/s1. The summed E-state index contributed by atoms with van der Waals surface area (Å²) in [4.78, 5) is 157. The van der Waals surface area contributed by atoms with Gasteiger partial charge < -0.3 is 98.8 Å². The normalized spacial score (nSPS) is 25.5. The van der Waals surface area contributed by atoms with Crippen LogP contribution in [-0.2, 0) is 57.5 Å². The molecule has 0 aliphatic carbocycles. The number of aliphatic hydroxyl groups is 7. The second-order valence-corrected chi connectivity index (χ2v) is 24.0. The van der Waals surface area contributed by atoms with E-state index in [4.69, 9.17) is 4.74 Å². The van der Waals surface area contributed by atoms with Crippen molar-refractivity contribution in [3.8, 4) is 5.75 Å². The van der Waals surface area contributed by atoms with Crippen LogP contribution in [-0.4, -0.2) is 198 Å². The molecule has 1 fully saturated rings. The number of rotatable bonds is 18. The molecule has 95 heavy (non-hydrogen) atoms. The molecule has 1 heterocycles. The summed E-state index contributed by atoms with van der Waals surface area (Å²) >= 11 is 0. The minimum atomic E-state index is -2.07. The van der Waals surface area contributed by atoms with Gasteiger partial charge in [-0.05, 0) is 91.8 Å². The number of benzene rings is 3. The summed E-state index contributed by atoms with van der Waals surface area (Å²) in [6.45, 7) is 9.98. The first-order valence-corrected chi connectivity index (χ1v) is 30.9. The van der Waals surface area contributed by atoms with E-state index < -0.39 is 188 Å². The van der Waals surface area contributed by atoms with Crippen molar-refractivity contribution >= 4 is 71.1 Å². The van der Waals surface area contributed by atoms with E-state index in [0.717, 1.165) is 25.1 Å². The number of phenols is 1. The molecule has 0 bridgehead atoms. The van der Waals surface area contributed by atoms with Crippen molar-refractivity contribution in [2.75, 3.05) is 19.8 Å². The van der Waals surface area contributed by atoms with Crippen LogP contribution in [0.5, 0.6) is 5.75 Å². The second kappa shape index (κ2) is 37.7. The molecule has 520 valence electrons. The molecule has 0 spiro atoms. The third-order valence-electron chi connectivity index (χ3n) is 15.0. The predicted molar refractivity (Wildman–Crippen MR) is 341 cm³/mol. The van der Waals surface area contributed by atoms with Gasteiger partial charge in [0.15, 0.2) is 0 Å². The lowest BCUT2D eigenvalue weighted by Gasteiger charge is -2.30. The van der Waals surface area contributed by atoms with E-state index in [1.807, 2.05) is 0 Å². The second-order valence-electron chi connectivity index (χ2n) is 24.0. The number of esters is 1. The van der Waals surface area contributed by atoms with Crippen molar-refractivity contribution in [1.82, 2.24) is 53.2 Å². The summed E-state index contributed by atoms with van der Waals surface area (Å²) in [7, 11) is 0. The van der Waals surface area contributed by atoms with Gasteiger partial charge in [0, 0.05) is 6.08 Å². The van der Waals surface area contributed by atoms with E-state index in [0.29, 0.717) is 0 Å².